The van der Waals surface area contributed by atoms with Crippen LogP contribution in [0.3, 0.4) is 0 Å². The Balaban J connectivity index is 1.89. The smallest absolute Gasteiger partial charge is 0.251 e. The maximum atomic E-state index is 14.1. The highest BCUT2D eigenvalue weighted by Crippen LogP contribution is 2.22. The van der Waals surface area contributed by atoms with E-state index in [4.69, 9.17) is 0 Å². The van der Waals surface area contributed by atoms with E-state index in [2.05, 4.69) is 47.8 Å². The van der Waals surface area contributed by atoms with E-state index in [0.717, 1.165) is 15.6 Å². The molecule has 0 saturated carbocycles. The number of benzene rings is 3. The van der Waals surface area contributed by atoms with Crippen LogP contribution in [0.15, 0.2) is 77.3 Å². The molecule has 4 atom stereocenters. The minimum Gasteiger partial charge on any atom is -0.356 e. The van der Waals surface area contributed by atoms with Gasteiger partial charge in [0, 0.05) is 67.4 Å². The van der Waals surface area contributed by atoms with Crippen LogP contribution in [0.25, 0.3) is 0 Å². The van der Waals surface area contributed by atoms with Crippen LogP contribution in [-0.4, -0.2) is 80.3 Å². The van der Waals surface area contributed by atoms with E-state index in [-0.39, 0.29) is 66.2 Å². The van der Waals surface area contributed by atoms with Crippen molar-refractivity contribution >= 4 is 57.1 Å². The minimum absolute atomic E-state index is 0.00636. The third kappa shape index (κ3) is 14.3. The van der Waals surface area contributed by atoms with Gasteiger partial charge >= 0.3 is 0 Å². The van der Waals surface area contributed by atoms with Crippen LogP contribution in [-0.2, 0) is 25.6 Å². The van der Waals surface area contributed by atoms with E-state index < -0.39 is 29.9 Å². The molecule has 0 aliphatic rings. The maximum Gasteiger partial charge on any atom is 0.251 e. The van der Waals surface area contributed by atoms with Crippen molar-refractivity contribution in [1.29, 1.82) is 0 Å². The number of halogens is 1. The molecule has 0 radical (unpaired) electrons. The number of anilines is 1. The van der Waals surface area contributed by atoms with Gasteiger partial charge in [0.2, 0.25) is 23.6 Å². The van der Waals surface area contributed by atoms with E-state index in [0.29, 0.717) is 18.7 Å². The summed E-state index contributed by atoms with van der Waals surface area (Å²) in [6.07, 6.45) is 0.424. The van der Waals surface area contributed by atoms with E-state index >= 15 is 0 Å². The molecule has 0 aliphatic carbocycles. The van der Waals surface area contributed by atoms with E-state index in [9.17, 15) is 28.8 Å². The second-order valence-electron chi connectivity index (χ2n) is 13.8. The lowest BCUT2D eigenvalue weighted by Crippen LogP contribution is -2.55. The van der Waals surface area contributed by atoms with E-state index in [1.165, 1.54) is 24.0 Å². The first kappa shape index (κ1) is 44.3. The van der Waals surface area contributed by atoms with Gasteiger partial charge in [-0.25, -0.2) is 0 Å². The highest BCUT2D eigenvalue weighted by Gasteiger charge is 2.27. The molecule has 0 aliphatic heterocycles. The third-order valence-electron chi connectivity index (χ3n) is 8.96. The van der Waals surface area contributed by atoms with Gasteiger partial charge in [0.05, 0.1) is 12.1 Å². The fraction of sp³-hybridized carbons (Fsp3) is 0.415. The molecule has 3 rings (SSSR count). The number of rotatable bonds is 19. The molecule has 55 heavy (non-hydrogen) atoms. The predicted molar refractivity (Wildman–Crippen MR) is 217 cm³/mol. The van der Waals surface area contributed by atoms with Gasteiger partial charge in [-0.2, -0.15) is 0 Å². The molecule has 6 amide bonds. The molecule has 6 N–H and O–H groups in total. The quantitative estimate of drug-likeness (QED) is 0.106. The van der Waals surface area contributed by atoms with Crippen LogP contribution >= 0.6 is 15.9 Å². The maximum absolute atomic E-state index is 14.1. The third-order valence-corrected chi connectivity index (χ3v) is 9.48. The first-order valence-corrected chi connectivity index (χ1v) is 19.3. The molecule has 0 heterocycles. The molecule has 0 spiro atoms. The van der Waals surface area contributed by atoms with Gasteiger partial charge in [-0.1, -0.05) is 72.2 Å². The van der Waals surface area contributed by atoms with Crippen LogP contribution in [0.4, 0.5) is 5.69 Å². The summed E-state index contributed by atoms with van der Waals surface area (Å²) < 4.78 is 0.902. The molecule has 14 heteroatoms. The molecular weight excluding hydrogens is 766 g/mol. The number of likely N-dealkylation sites (N-methyl/N-ethyl adjacent to an activating group) is 1. The number of nitrogens with one attached hydrogen (secondary N) is 6. The van der Waals surface area contributed by atoms with Gasteiger partial charge in [0.1, 0.15) is 6.04 Å². The molecule has 0 bridgehead atoms. The Bertz CT molecular complexity index is 1790. The first-order valence-electron chi connectivity index (χ1n) is 18.5. The standard InChI is InChI=1S/C41H54BrN7O6/c1-8-43-41(55)37(25(2)3)48-38(52)27(5)45-24-34(20-29-12-10-9-11-13-29)47-40(54)32-21-31(39(53)46-26(4)30-14-16-33(42)17-15-30)22-35(23-32)49(7)36(51)18-19-44-28(6)50/h9-17,21-23,25-27,34,37,45H,8,18-20,24H2,1-7H3,(H,43,55)(H,44,50)(H,46,53)(H,47,54)(H,48,52)/t26-,27+,34+,37+/m1/s1. The fourth-order valence-electron chi connectivity index (χ4n) is 5.69. The number of hydrogen-bond acceptors (Lipinski definition) is 7. The number of amides is 6. The lowest BCUT2D eigenvalue weighted by molar-refractivity contribution is -0.130. The molecule has 0 fully saturated rings. The van der Waals surface area contributed by atoms with Gasteiger partial charge in [-0.05, 0) is 74.6 Å². The summed E-state index contributed by atoms with van der Waals surface area (Å²) in [7, 11) is 1.55. The van der Waals surface area contributed by atoms with Crippen LogP contribution in [0, 0.1) is 5.92 Å². The van der Waals surface area contributed by atoms with Crippen LogP contribution in [0.5, 0.6) is 0 Å². The van der Waals surface area contributed by atoms with Gasteiger partial charge in [-0.15, -0.1) is 0 Å². The topological polar surface area (TPSA) is 178 Å². The van der Waals surface area contributed by atoms with Crippen molar-refractivity contribution < 1.29 is 28.8 Å². The zero-order chi connectivity index (χ0) is 40.7. The van der Waals surface area contributed by atoms with E-state index in [1.807, 2.05) is 82.3 Å². The predicted octanol–water partition coefficient (Wildman–Crippen LogP) is 4.03. The summed E-state index contributed by atoms with van der Waals surface area (Å²) in [6, 6.07) is 19.4. The van der Waals surface area contributed by atoms with Crippen molar-refractivity contribution in [3.05, 3.63) is 99.5 Å². The van der Waals surface area contributed by atoms with Crippen molar-refractivity contribution in [3.8, 4) is 0 Å². The highest BCUT2D eigenvalue weighted by atomic mass is 79.9. The van der Waals surface area contributed by atoms with Gasteiger partial charge < -0.3 is 36.8 Å². The Kier molecular flexibility index (Phi) is 17.5. The van der Waals surface area contributed by atoms with Gasteiger partial charge in [-0.3, -0.25) is 28.8 Å². The van der Waals surface area contributed by atoms with Crippen LogP contribution < -0.4 is 36.8 Å². The molecule has 0 saturated heterocycles. The summed E-state index contributed by atoms with van der Waals surface area (Å²) in [5.74, 6) is -2.28. The van der Waals surface area contributed by atoms with Crippen molar-refractivity contribution in [2.45, 2.75) is 78.6 Å². The Morgan fingerprint density at radius 2 is 1.38 bits per heavy atom. The van der Waals surface area contributed by atoms with Gasteiger partial charge in [0.15, 0.2) is 0 Å². The monoisotopic (exact) mass is 819 g/mol. The summed E-state index contributed by atoms with van der Waals surface area (Å²) >= 11 is 3.43. The summed E-state index contributed by atoms with van der Waals surface area (Å²) in [5, 5.41) is 17.5. The lowest BCUT2D eigenvalue weighted by atomic mass is 10.0. The van der Waals surface area contributed by atoms with Crippen molar-refractivity contribution in [1.82, 2.24) is 31.9 Å². The fourth-order valence-corrected chi connectivity index (χ4v) is 5.95. The highest BCUT2D eigenvalue weighted by molar-refractivity contribution is 9.10. The molecule has 0 aromatic heterocycles. The first-order chi connectivity index (χ1) is 26.1. The Morgan fingerprint density at radius 3 is 1.96 bits per heavy atom. The molecular formula is C41H54BrN7O6. The Labute approximate surface area is 332 Å². The largest absolute Gasteiger partial charge is 0.356 e. The SMILES string of the molecule is CCNC(=O)[C@@H](NC(=O)[C@H](C)NC[C@H](Cc1ccccc1)NC(=O)c1cc(C(=O)N[C@H](C)c2ccc(Br)cc2)cc(N(C)C(=O)CCNC(C)=O)c1)C(C)C. The van der Waals surface area contributed by atoms with Crippen molar-refractivity contribution in [2.24, 2.45) is 5.92 Å². The zero-order valence-corrected chi connectivity index (χ0v) is 34.2. The summed E-state index contributed by atoms with van der Waals surface area (Å²) in [6.45, 7) is 11.2. The molecule has 3 aromatic carbocycles. The number of carbonyl (C=O) groups excluding carboxylic acids is 6. The van der Waals surface area contributed by atoms with Crippen LogP contribution in [0.1, 0.15) is 85.8 Å². The molecule has 13 nitrogen and oxygen atoms in total. The number of nitrogens with zero attached hydrogens (tertiary/aromatic N) is 1. The lowest BCUT2D eigenvalue weighted by Gasteiger charge is -2.25. The Morgan fingerprint density at radius 1 is 0.764 bits per heavy atom. The summed E-state index contributed by atoms with van der Waals surface area (Å²) in [5.41, 5.74) is 2.45. The molecule has 0 unspecified atom stereocenters. The van der Waals surface area contributed by atoms with Crippen molar-refractivity contribution in [2.75, 3.05) is 31.6 Å². The molecule has 296 valence electrons. The zero-order valence-electron chi connectivity index (χ0n) is 32.6. The van der Waals surface area contributed by atoms with Crippen molar-refractivity contribution in [3.63, 3.8) is 0 Å². The van der Waals surface area contributed by atoms with Crippen LogP contribution in [0.2, 0.25) is 0 Å². The average molecular weight is 821 g/mol. The average Bonchev–Trinajstić information content (AvgIpc) is 3.15. The Hall–Kier alpha value is -5.08. The second-order valence-corrected chi connectivity index (χ2v) is 14.7. The minimum atomic E-state index is -0.705. The number of hydrogen-bond donors (Lipinski definition) is 6. The number of carbonyl (C=O) groups is 6. The normalized spacial score (nSPS) is 13.1. The van der Waals surface area contributed by atoms with Gasteiger partial charge in [0.25, 0.3) is 11.8 Å². The molecule has 3 aromatic rings. The summed E-state index contributed by atoms with van der Waals surface area (Å²) in [4.78, 5) is 79.4. The second kappa shape index (κ2) is 21.7. The van der Waals surface area contributed by atoms with E-state index in [1.54, 1.807) is 20.0 Å².